The van der Waals surface area contributed by atoms with Gasteiger partial charge < -0.3 is 15.2 Å². The zero-order chi connectivity index (χ0) is 19.3. The van der Waals surface area contributed by atoms with E-state index in [4.69, 9.17) is 5.11 Å². The van der Waals surface area contributed by atoms with Crippen LogP contribution in [0.1, 0.15) is 41.1 Å². The summed E-state index contributed by atoms with van der Waals surface area (Å²) in [6.45, 7) is 1.87. The van der Waals surface area contributed by atoms with Gasteiger partial charge in [0.05, 0.1) is 12.5 Å². The largest absolute Gasteiger partial charge is 0.573 e. The molecule has 1 aromatic heterocycles. The van der Waals surface area contributed by atoms with E-state index in [0.717, 1.165) is 17.8 Å². The number of nitrogens with zero attached hydrogens (tertiary/aromatic N) is 1. The lowest BCUT2D eigenvalue weighted by Gasteiger charge is -2.17. The summed E-state index contributed by atoms with van der Waals surface area (Å²) in [5, 5.41) is 18.1. The van der Waals surface area contributed by atoms with Crippen LogP contribution < -0.4 is 10.1 Å². The lowest BCUT2D eigenvalue weighted by Crippen LogP contribution is -2.30. The fraction of sp³-hybridized carbons (Fsp3) is 0.312. The first-order valence-corrected chi connectivity index (χ1v) is 7.60. The predicted octanol–water partition coefficient (Wildman–Crippen LogP) is 2.82. The highest BCUT2D eigenvalue weighted by atomic mass is 19.4. The van der Waals surface area contributed by atoms with Crippen molar-refractivity contribution in [3.05, 3.63) is 47.3 Å². The first-order valence-electron chi connectivity index (χ1n) is 7.60. The lowest BCUT2D eigenvalue weighted by atomic mass is 10.0. The molecule has 0 fully saturated rings. The van der Waals surface area contributed by atoms with E-state index in [1.807, 2.05) is 6.92 Å². The van der Waals surface area contributed by atoms with E-state index in [1.54, 1.807) is 0 Å². The first kappa shape index (κ1) is 19.3. The maximum absolute atomic E-state index is 12.2. The summed E-state index contributed by atoms with van der Waals surface area (Å²) in [6, 6.07) is 5.21. The molecule has 0 aliphatic rings. The smallest absolute Gasteiger partial charge is 0.481 e. The van der Waals surface area contributed by atoms with Crippen molar-refractivity contribution in [3.8, 4) is 5.75 Å². The Morgan fingerprint density at radius 2 is 1.96 bits per heavy atom. The topological polar surface area (TPSA) is 104 Å². The van der Waals surface area contributed by atoms with Crippen LogP contribution in [0, 0.1) is 0 Å². The molecule has 0 radical (unpaired) electrons. The summed E-state index contributed by atoms with van der Waals surface area (Å²) in [5.41, 5.74) is 1.15. The third kappa shape index (κ3) is 5.50. The molecule has 0 spiro atoms. The summed E-state index contributed by atoms with van der Waals surface area (Å²) < 4.78 is 40.4. The molecular formula is C16H16F3N3O4. The number of rotatable bonds is 7. The number of aromatic nitrogens is 2. The zero-order valence-electron chi connectivity index (χ0n) is 13.6. The number of carboxylic acids is 1. The average molecular weight is 371 g/mol. The van der Waals surface area contributed by atoms with Crippen LogP contribution in [-0.4, -0.2) is 33.5 Å². The number of halogens is 3. The van der Waals surface area contributed by atoms with Crippen molar-refractivity contribution >= 4 is 11.9 Å². The van der Waals surface area contributed by atoms with Gasteiger partial charge in [-0.3, -0.25) is 14.7 Å². The van der Waals surface area contributed by atoms with E-state index in [2.05, 4.69) is 20.3 Å². The zero-order valence-corrected chi connectivity index (χ0v) is 13.6. The Balaban J connectivity index is 2.16. The highest BCUT2D eigenvalue weighted by Gasteiger charge is 2.31. The van der Waals surface area contributed by atoms with Gasteiger partial charge in [0.25, 0.3) is 5.91 Å². The number of amides is 1. The van der Waals surface area contributed by atoms with Gasteiger partial charge in [0.2, 0.25) is 0 Å². The molecule has 2 rings (SSSR count). The summed E-state index contributed by atoms with van der Waals surface area (Å²) in [4.78, 5) is 23.3. The van der Waals surface area contributed by atoms with Gasteiger partial charge in [-0.15, -0.1) is 13.2 Å². The predicted molar refractivity (Wildman–Crippen MR) is 83.6 cm³/mol. The van der Waals surface area contributed by atoms with Crippen LogP contribution in [0.15, 0.2) is 30.3 Å². The number of alkyl halides is 3. The van der Waals surface area contributed by atoms with Crippen LogP contribution in [0.2, 0.25) is 0 Å². The molecule has 0 saturated heterocycles. The Morgan fingerprint density at radius 1 is 1.31 bits per heavy atom. The first-order chi connectivity index (χ1) is 12.2. The molecule has 0 aliphatic carbocycles. The van der Waals surface area contributed by atoms with Gasteiger partial charge in [0, 0.05) is 5.69 Å². The van der Waals surface area contributed by atoms with E-state index in [-0.39, 0.29) is 5.69 Å². The van der Waals surface area contributed by atoms with Gasteiger partial charge in [0.15, 0.2) is 0 Å². The quantitative estimate of drug-likeness (QED) is 0.694. The number of benzene rings is 1. The maximum atomic E-state index is 12.2. The van der Waals surface area contributed by atoms with E-state index < -0.39 is 36.5 Å². The Bertz CT molecular complexity index is 772. The third-order valence-corrected chi connectivity index (χ3v) is 3.44. The van der Waals surface area contributed by atoms with Gasteiger partial charge in [-0.2, -0.15) is 5.10 Å². The van der Waals surface area contributed by atoms with Crippen LogP contribution in [-0.2, 0) is 11.2 Å². The van der Waals surface area contributed by atoms with Crippen molar-refractivity contribution < 1.29 is 32.6 Å². The maximum Gasteiger partial charge on any atom is 0.573 e. The minimum atomic E-state index is -4.83. The van der Waals surface area contributed by atoms with Gasteiger partial charge in [-0.1, -0.05) is 19.1 Å². The number of aliphatic carboxylic acids is 1. The Hall–Kier alpha value is -3.04. The normalized spacial score (nSPS) is 12.5. The average Bonchev–Trinajstić information content (AvgIpc) is 3.02. The molecule has 140 valence electrons. The second kappa shape index (κ2) is 7.89. The number of H-pyrrole nitrogens is 1. The van der Waals surface area contributed by atoms with Gasteiger partial charge in [-0.25, -0.2) is 0 Å². The van der Waals surface area contributed by atoms with Crippen LogP contribution in [0.3, 0.4) is 0 Å². The SMILES string of the molecule is CCc1cc(C(=O)NC(CC(=O)O)c2ccc(OC(F)(F)F)cc2)n[nH]1. The monoisotopic (exact) mass is 371 g/mol. The molecule has 26 heavy (non-hydrogen) atoms. The van der Waals surface area contributed by atoms with E-state index in [9.17, 15) is 22.8 Å². The summed E-state index contributed by atoms with van der Waals surface area (Å²) in [5.74, 6) is -2.22. The van der Waals surface area contributed by atoms with Crippen molar-refractivity contribution in [2.45, 2.75) is 32.2 Å². The molecule has 0 bridgehead atoms. The summed E-state index contributed by atoms with van der Waals surface area (Å²) in [6.07, 6.45) is -4.64. The number of carboxylic acid groups (broad SMARTS) is 1. The second-order valence-corrected chi connectivity index (χ2v) is 5.37. The number of hydrogen-bond donors (Lipinski definition) is 3. The van der Waals surface area contributed by atoms with Crippen molar-refractivity contribution in [3.63, 3.8) is 0 Å². The number of nitrogens with one attached hydrogen (secondary N) is 2. The molecule has 1 amide bonds. The van der Waals surface area contributed by atoms with E-state index >= 15 is 0 Å². The Kier molecular flexibility index (Phi) is 5.86. The minimum Gasteiger partial charge on any atom is -0.481 e. The second-order valence-electron chi connectivity index (χ2n) is 5.37. The van der Waals surface area contributed by atoms with Crippen molar-refractivity contribution in [2.24, 2.45) is 0 Å². The van der Waals surface area contributed by atoms with Crippen LogP contribution in [0.25, 0.3) is 0 Å². The highest BCUT2D eigenvalue weighted by molar-refractivity contribution is 5.92. The molecule has 1 aromatic carbocycles. The Morgan fingerprint density at radius 3 is 2.46 bits per heavy atom. The van der Waals surface area contributed by atoms with Crippen LogP contribution in [0.5, 0.6) is 5.75 Å². The fourth-order valence-corrected chi connectivity index (χ4v) is 2.22. The van der Waals surface area contributed by atoms with Crippen molar-refractivity contribution in [2.75, 3.05) is 0 Å². The number of ether oxygens (including phenoxy) is 1. The summed E-state index contributed by atoms with van der Waals surface area (Å²) >= 11 is 0. The van der Waals surface area contributed by atoms with Crippen molar-refractivity contribution in [1.82, 2.24) is 15.5 Å². The molecular weight excluding hydrogens is 355 g/mol. The molecule has 10 heteroatoms. The number of aryl methyl sites for hydroxylation is 1. The molecule has 1 heterocycles. The number of carbonyl (C=O) groups excluding carboxylic acids is 1. The standard InChI is InChI=1S/C16H16F3N3O4/c1-2-10-7-13(22-21-10)15(25)20-12(8-14(23)24)9-3-5-11(6-4-9)26-16(17,18)19/h3-7,12H,2,8H2,1H3,(H,20,25)(H,21,22)(H,23,24). The van der Waals surface area contributed by atoms with E-state index in [1.165, 1.54) is 18.2 Å². The Labute approximate surface area is 146 Å². The molecule has 1 atom stereocenters. The van der Waals surface area contributed by atoms with Gasteiger partial charge in [0.1, 0.15) is 11.4 Å². The molecule has 0 saturated carbocycles. The third-order valence-electron chi connectivity index (χ3n) is 3.44. The number of aromatic amines is 1. The molecule has 3 N–H and O–H groups in total. The molecule has 0 aliphatic heterocycles. The van der Waals surface area contributed by atoms with E-state index in [0.29, 0.717) is 12.0 Å². The number of carbonyl (C=O) groups is 2. The van der Waals surface area contributed by atoms with Gasteiger partial charge >= 0.3 is 12.3 Å². The highest BCUT2D eigenvalue weighted by Crippen LogP contribution is 2.25. The summed E-state index contributed by atoms with van der Waals surface area (Å²) in [7, 11) is 0. The number of hydrogen-bond acceptors (Lipinski definition) is 4. The molecule has 2 aromatic rings. The van der Waals surface area contributed by atoms with Crippen LogP contribution >= 0.6 is 0 Å². The fourth-order valence-electron chi connectivity index (χ4n) is 2.22. The minimum absolute atomic E-state index is 0.0919. The molecule has 7 nitrogen and oxygen atoms in total. The molecule has 1 unspecified atom stereocenters. The van der Waals surface area contributed by atoms with Crippen LogP contribution in [0.4, 0.5) is 13.2 Å². The van der Waals surface area contributed by atoms with Gasteiger partial charge in [-0.05, 0) is 30.2 Å². The lowest BCUT2D eigenvalue weighted by molar-refractivity contribution is -0.274. The van der Waals surface area contributed by atoms with Crippen molar-refractivity contribution in [1.29, 1.82) is 0 Å².